The maximum Gasteiger partial charge on any atom is 0.259 e. The molecule has 7 heteroatoms. The highest BCUT2D eigenvalue weighted by Gasteiger charge is 2.55. The van der Waals surface area contributed by atoms with E-state index in [1.165, 1.54) is 32.3 Å². The van der Waals surface area contributed by atoms with E-state index in [4.69, 9.17) is 0 Å². The molecule has 2 heterocycles. The van der Waals surface area contributed by atoms with Gasteiger partial charge in [-0.3, -0.25) is 4.79 Å². The number of rotatable bonds is 3. The predicted molar refractivity (Wildman–Crippen MR) is 90.3 cm³/mol. The minimum absolute atomic E-state index is 0.248. The van der Waals surface area contributed by atoms with E-state index in [0.29, 0.717) is 29.8 Å². The van der Waals surface area contributed by atoms with Crippen molar-refractivity contribution in [3.8, 4) is 0 Å². The SMILES string of the molecule is CC(C)(F)C(=O)N1CC2CCC2(Nc2ncnc3ccc(F)cc23)C1. The van der Waals surface area contributed by atoms with Crippen molar-refractivity contribution in [1.29, 1.82) is 0 Å². The Hall–Kier alpha value is -2.31. The summed E-state index contributed by atoms with van der Waals surface area (Å²) in [5.74, 6) is -0.0301. The summed E-state index contributed by atoms with van der Waals surface area (Å²) in [4.78, 5) is 22.3. The lowest BCUT2D eigenvalue weighted by atomic mass is 9.69. The van der Waals surface area contributed by atoms with Crippen LogP contribution in [0.15, 0.2) is 24.5 Å². The molecule has 1 aliphatic heterocycles. The van der Waals surface area contributed by atoms with Crippen molar-refractivity contribution in [3.63, 3.8) is 0 Å². The second-order valence-electron chi connectivity index (χ2n) is 7.56. The molecule has 1 amide bonds. The van der Waals surface area contributed by atoms with E-state index in [9.17, 15) is 13.6 Å². The molecule has 2 aromatic rings. The first-order chi connectivity index (χ1) is 11.8. The fourth-order valence-corrected chi connectivity index (χ4v) is 3.94. The van der Waals surface area contributed by atoms with E-state index in [-0.39, 0.29) is 17.3 Å². The molecule has 2 atom stereocenters. The third-order valence-electron chi connectivity index (χ3n) is 5.39. The number of anilines is 1. The highest BCUT2D eigenvalue weighted by Crippen LogP contribution is 2.47. The van der Waals surface area contributed by atoms with E-state index in [0.717, 1.165) is 12.8 Å². The Bertz CT molecular complexity index is 851. The van der Waals surface area contributed by atoms with Gasteiger partial charge in [0.15, 0.2) is 5.67 Å². The third kappa shape index (κ3) is 2.62. The van der Waals surface area contributed by atoms with E-state index >= 15 is 0 Å². The number of carbonyl (C=O) groups is 1. The van der Waals surface area contributed by atoms with Gasteiger partial charge in [-0.05, 0) is 44.9 Å². The molecule has 2 aliphatic rings. The standard InChI is InChI=1S/C18H20F2N4O/c1-17(2,20)16(25)24-8-11-5-6-18(11,9-24)23-15-13-7-12(19)3-4-14(13)21-10-22-15/h3-4,7,10-11H,5-6,8-9H2,1-2H3,(H,21,22,23). The van der Waals surface area contributed by atoms with E-state index < -0.39 is 11.6 Å². The van der Waals surface area contributed by atoms with Crippen LogP contribution in [0.2, 0.25) is 0 Å². The van der Waals surface area contributed by atoms with Crippen LogP contribution in [0.3, 0.4) is 0 Å². The summed E-state index contributed by atoms with van der Waals surface area (Å²) in [5.41, 5.74) is -1.55. The van der Waals surface area contributed by atoms with Gasteiger partial charge in [-0.15, -0.1) is 0 Å². The predicted octanol–water partition coefficient (Wildman–Crippen LogP) is 2.92. The lowest BCUT2D eigenvalue weighted by Gasteiger charge is -2.44. The maximum atomic E-state index is 14.0. The van der Waals surface area contributed by atoms with Gasteiger partial charge in [-0.2, -0.15) is 0 Å². The van der Waals surface area contributed by atoms with Gasteiger partial charge in [0.1, 0.15) is 18.0 Å². The molecule has 1 aliphatic carbocycles. The zero-order chi connectivity index (χ0) is 17.8. The molecule has 2 fully saturated rings. The number of hydrogen-bond donors (Lipinski definition) is 1. The largest absolute Gasteiger partial charge is 0.362 e. The molecule has 1 aromatic carbocycles. The zero-order valence-electron chi connectivity index (χ0n) is 14.2. The number of fused-ring (bicyclic) bond motifs is 2. The summed E-state index contributed by atoms with van der Waals surface area (Å²) in [6, 6.07) is 4.39. The van der Waals surface area contributed by atoms with Gasteiger partial charge in [0.2, 0.25) is 0 Å². The molecule has 1 aromatic heterocycles. The zero-order valence-corrected chi connectivity index (χ0v) is 14.2. The number of benzene rings is 1. The number of likely N-dealkylation sites (tertiary alicyclic amines) is 1. The lowest BCUT2D eigenvalue weighted by Crippen LogP contribution is -2.54. The first-order valence-electron chi connectivity index (χ1n) is 8.45. The molecule has 132 valence electrons. The van der Waals surface area contributed by atoms with E-state index in [1.54, 1.807) is 11.0 Å². The summed E-state index contributed by atoms with van der Waals surface area (Å²) in [6.07, 6.45) is 3.28. The fraction of sp³-hybridized carbons (Fsp3) is 0.500. The second-order valence-corrected chi connectivity index (χ2v) is 7.56. The lowest BCUT2D eigenvalue weighted by molar-refractivity contribution is -0.140. The Morgan fingerprint density at radius 1 is 1.40 bits per heavy atom. The molecule has 5 nitrogen and oxygen atoms in total. The second kappa shape index (κ2) is 5.34. The van der Waals surface area contributed by atoms with Crippen molar-refractivity contribution in [3.05, 3.63) is 30.3 Å². The van der Waals surface area contributed by atoms with Gasteiger partial charge in [-0.25, -0.2) is 18.7 Å². The minimum Gasteiger partial charge on any atom is -0.362 e. The Morgan fingerprint density at radius 3 is 2.88 bits per heavy atom. The number of alkyl halides is 1. The Labute approximate surface area is 144 Å². The molecule has 0 bridgehead atoms. The van der Waals surface area contributed by atoms with Crippen molar-refractivity contribution in [2.24, 2.45) is 5.92 Å². The molecule has 4 rings (SSSR count). The van der Waals surface area contributed by atoms with Crippen LogP contribution in [0.4, 0.5) is 14.6 Å². The van der Waals surface area contributed by atoms with Crippen LogP contribution in [0, 0.1) is 11.7 Å². The van der Waals surface area contributed by atoms with Crippen LogP contribution in [0.1, 0.15) is 26.7 Å². The average molecular weight is 346 g/mol. The van der Waals surface area contributed by atoms with Crippen LogP contribution < -0.4 is 5.32 Å². The molecule has 2 unspecified atom stereocenters. The van der Waals surface area contributed by atoms with Gasteiger partial charge in [0.05, 0.1) is 11.1 Å². The van der Waals surface area contributed by atoms with Crippen molar-refractivity contribution < 1.29 is 13.6 Å². The molecular weight excluding hydrogens is 326 g/mol. The van der Waals surface area contributed by atoms with Gasteiger partial charge in [-0.1, -0.05) is 0 Å². The Morgan fingerprint density at radius 2 is 2.20 bits per heavy atom. The highest BCUT2D eigenvalue weighted by atomic mass is 19.1. The fourth-order valence-electron chi connectivity index (χ4n) is 3.94. The smallest absolute Gasteiger partial charge is 0.259 e. The van der Waals surface area contributed by atoms with Crippen molar-refractivity contribution in [2.45, 2.75) is 37.9 Å². The summed E-state index contributed by atoms with van der Waals surface area (Å²) >= 11 is 0. The van der Waals surface area contributed by atoms with Crippen LogP contribution in [-0.2, 0) is 4.79 Å². The molecular formula is C18H20F2N4O. The van der Waals surface area contributed by atoms with Gasteiger partial charge < -0.3 is 10.2 Å². The molecule has 0 radical (unpaired) electrons. The highest BCUT2D eigenvalue weighted by molar-refractivity contribution is 5.89. The first-order valence-corrected chi connectivity index (χ1v) is 8.45. The van der Waals surface area contributed by atoms with Crippen LogP contribution in [-0.4, -0.2) is 45.1 Å². The maximum absolute atomic E-state index is 14.0. The van der Waals surface area contributed by atoms with Crippen molar-refractivity contribution in [1.82, 2.24) is 14.9 Å². The summed E-state index contributed by atoms with van der Waals surface area (Å²) in [7, 11) is 0. The molecule has 1 N–H and O–H groups in total. The summed E-state index contributed by atoms with van der Waals surface area (Å²) in [6.45, 7) is 3.55. The number of nitrogens with one attached hydrogen (secondary N) is 1. The molecule has 1 saturated carbocycles. The quantitative estimate of drug-likeness (QED) is 0.928. The van der Waals surface area contributed by atoms with Gasteiger partial charge in [0.25, 0.3) is 5.91 Å². The summed E-state index contributed by atoms with van der Waals surface area (Å²) < 4.78 is 27.7. The molecule has 0 spiro atoms. The molecule has 1 saturated heterocycles. The number of amides is 1. The van der Waals surface area contributed by atoms with Gasteiger partial charge in [0, 0.05) is 24.4 Å². The van der Waals surface area contributed by atoms with E-state index in [2.05, 4.69) is 15.3 Å². The van der Waals surface area contributed by atoms with Crippen LogP contribution in [0.5, 0.6) is 0 Å². The van der Waals surface area contributed by atoms with Crippen molar-refractivity contribution >= 4 is 22.6 Å². The Balaban J connectivity index is 1.63. The van der Waals surface area contributed by atoms with Crippen molar-refractivity contribution in [2.75, 3.05) is 18.4 Å². The minimum atomic E-state index is -1.88. The number of halogens is 2. The average Bonchev–Trinajstić information content (AvgIpc) is 2.79. The van der Waals surface area contributed by atoms with Gasteiger partial charge >= 0.3 is 0 Å². The molecule has 25 heavy (non-hydrogen) atoms. The van der Waals surface area contributed by atoms with E-state index in [1.807, 2.05) is 0 Å². The third-order valence-corrected chi connectivity index (χ3v) is 5.39. The monoisotopic (exact) mass is 346 g/mol. The summed E-state index contributed by atoms with van der Waals surface area (Å²) in [5, 5.41) is 4.04. The number of hydrogen-bond acceptors (Lipinski definition) is 4. The number of nitrogens with zero attached hydrogens (tertiary/aromatic N) is 3. The topological polar surface area (TPSA) is 58.1 Å². The first kappa shape index (κ1) is 16.2. The number of aromatic nitrogens is 2. The van der Waals surface area contributed by atoms with Crippen LogP contribution in [0.25, 0.3) is 10.9 Å². The van der Waals surface area contributed by atoms with Crippen LogP contribution >= 0.6 is 0 Å². The Kier molecular flexibility index (Phi) is 3.46. The number of carbonyl (C=O) groups excluding carboxylic acids is 1. The normalized spacial score (nSPS) is 25.6.